The van der Waals surface area contributed by atoms with Gasteiger partial charge in [0.1, 0.15) is 17.0 Å². The van der Waals surface area contributed by atoms with Crippen molar-refractivity contribution in [3.8, 4) is 17.0 Å². The maximum absolute atomic E-state index is 12.8. The van der Waals surface area contributed by atoms with Gasteiger partial charge >= 0.3 is 12.3 Å². The Morgan fingerprint density at radius 2 is 1.97 bits per heavy atom. The van der Waals surface area contributed by atoms with Crippen LogP contribution in [0, 0.1) is 6.92 Å². The third-order valence-electron chi connectivity index (χ3n) is 4.85. The van der Waals surface area contributed by atoms with Gasteiger partial charge in [0.2, 0.25) is 5.95 Å². The molecule has 8 nitrogen and oxygen atoms in total. The molecule has 1 aliphatic rings. The van der Waals surface area contributed by atoms with Crippen LogP contribution in [0.3, 0.4) is 0 Å². The molecule has 0 unspecified atom stereocenters. The van der Waals surface area contributed by atoms with Gasteiger partial charge in [-0.2, -0.15) is 13.2 Å². The Bertz CT molecular complexity index is 992. The van der Waals surface area contributed by atoms with E-state index in [0.29, 0.717) is 24.8 Å². The largest absolute Gasteiger partial charge is 0.507 e. The van der Waals surface area contributed by atoms with Crippen LogP contribution in [0.1, 0.15) is 44.9 Å². The number of aryl methyl sites for hydroxylation is 1. The number of amides is 1. The van der Waals surface area contributed by atoms with Crippen LogP contribution in [0.5, 0.6) is 5.75 Å². The van der Waals surface area contributed by atoms with Gasteiger partial charge in [-0.25, -0.2) is 9.78 Å². The van der Waals surface area contributed by atoms with Gasteiger partial charge in [0.25, 0.3) is 0 Å². The molecule has 0 saturated carbocycles. The zero-order chi connectivity index (χ0) is 23.7. The van der Waals surface area contributed by atoms with E-state index in [1.54, 1.807) is 11.8 Å². The summed E-state index contributed by atoms with van der Waals surface area (Å²) >= 11 is 0. The summed E-state index contributed by atoms with van der Waals surface area (Å²) < 4.78 is 43.9. The smallest absolute Gasteiger partial charge is 0.416 e. The minimum atomic E-state index is -4.56. The second-order valence-corrected chi connectivity index (χ2v) is 8.71. The van der Waals surface area contributed by atoms with Gasteiger partial charge in [-0.1, -0.05) is 0 Å². The molecular formula is C21H26F3N5O3. The molecule has 32 heavy (non-hydrogen) atoms. The minimum Gasteiger partial charge on any atom is -0.507 e. The molecule has 1 aliphatic heterocycles. The van der Waals surface area contributed by atoms with Crippen LogP contribution in [0.15, 0.2) is 18.2 Å². The number of rotatable bonds is 3. The predicted octanol–water partition coefficient (Wildman–Crippen LogP) is 4.38. The van der Waals surface area contributed by atoms with E-state index in [-0.39, 0.29) is 29.3 Å². The van der Waals surface area contributed by atoms with Crippen LogP contribution in [0.4, 0.5) is 23.9 Å². The van der Waals surface area contributed by atoms with Gasteiger partial charge in [0.05, 0.1) is 11.3 Å². The third kappa shape index (κ3) is 5.77. The molecule has 0 bridgehead atoms. The number of piperidine rings is 1. The molecule has 3 rings (SSSR count). The van der Waals surface area contributed by atoms with Crippen LogP contribution in [-0.4, -0.2) is 56.0 Å². The van der Waals surface area contributed by atoms with Gasteiger partial charge in [0.15, 0.2) is 0 Å². The van der Waals surface area contributed by atoms with Crippen molar-refractivity contribution >= 4 is 12.0 Å². The molecule has 2 N–H and O–H groups in total. The molecule has 174 valence electrons. The number of nitrogens with zero attached hydrogens (tertiary/aromatic N) is 4. The summed E-state index contributed by atoms with van der Waals surface area (Å²) in [5.41, 5.74) is -0.863. The second kappa shape index (κ2) is 8.79. The van der Waals surface area contributed by atoms with Crippen molar-refractivity contribution in [1.82, 2.24) is 20.1 Å². The fraction of sp³-hybridized carbons (Fsp3) is 0.524. The van der Waals surface area contributed by atoms with Crippen LogP contribution in [-0.2, 0) is 10.9 Å². The molecule has 0 aliphatic carbocycles. The van der Waals surface area contributed by atoms with Gasteiger partial charge < -0.3 is 20.1 Å². The Balaban J connectivity index is 1.71. The van der Waals surface area contributed by atoms with Crippen LogP contribution >= 0.6 is 0 Å². The fourth-order valence-electron chi connectivity index (χ4n) is 3.39. The number of ether oxygens (including phenoxy) is 1. The molecule has 1 aromatic carbocycles. The summed E-state index contributed by atoms with van der Waals surface area (Å²) in [7, 11) is 0. The van der Waals surface area contributed by atoms with Crippen LogP contribution in [0.2, 0.25) is 0 Å². The molecule has 2 heterocycles. The standard InChI is InChI=1S/C21H26F3N5O3/c1-12-17(15-8-7-13(10-16(15)30)21(22,23)24)27-28-18(25-12)26-14-6-5-9-29(11-14)19(31)32-20(2,3)4/h7-8,10,14,30H,5-6,9,11H2,1-4H3,(H,25,26,28)/t14-/m0/s1. The highest BCUT2D eigenvalue weighted by atomic mass is 19.4. The van der Waals surface area contributed by atoms with Crippen molar-refractivity contribution in [1.29, 1.82) is 0 Å². The summed E-state index contributed by atoms with van der Waals surface area (Å²) in [5.74, 6) is -0.325. The van der Waals surface area contributed by atoms with Gasteiger partial charge in [-0.05, 0) is 58.7 Å². The molecule has 1 saturated heterocycles. The highest BCUT2D eigenvalue weighted by Gasteiger charge is 2.32. The zero-order valence-corrected chi connectivity index (χ0v) is 18.3. The van der Waals surface area contributed by atoms with E-state index in [4.69, 9.17) is 4.74 Å². The predicted molar refractivity (Wildman–Crippen MR) is 111 cm³/mol. The van der Waals surface area contributed by atoms with Crippen molar-refractivity contribution in [2.24, 2.45) is 0 Å². The lowest BCUT2D eigenvalue weighted by Gasteiger charge is -2.34. The van der Waals surface area contributed by atoms with Crippen molar-refractivity contribution in [3.05, 3.63) is 29.5 Å². The maximum atomic E-state index is 12.8. The topological polar surface area (TPSA) is 100 Å². The Kier molecular flexibility index (Phi) is 6.47. The molecular weight excluding hydrogens is 427 g/mol. The zero-order valence-electron chi connectivity index (χ0n) is 18.3. The van der Waals surface area contributed by atoms with Gasteiger partial charge in [-0.15, -0.1) is 10.2 Å². The van der Waals surface area contributed by atoms with E-state index in [2.05, 4.69) is 20.5 Å². The number of hydrogen-bond acceptors (Lipinski definition) is 7. The lowest BCUT2D eigenvalue weighted by atomic mass is 10.1. The number of anilines is 1. The summed E-state index contributed by atoms with van der Waals surface area (Å²) in [6, 6.07) is 2.55. The number of aromatic hydroxyl groups is 1. The van der Waals surface area contributed by atoms with Gasteiger partial charge in [0, 0.05) is 24.7 Å². The van der Waals surface area contributed by atoms with E-state index in [1.807, 2.05) is 20.8 Å². The number of nitrogens with one attached hydrogen (secondary N) is 1. The van der Waals surface area contributed by atoms with Crippen molar-refractivity contribution in [3.63, 3.8) is 0 Å². The number of carbonyl (C=O) groups is 1. The maximum Gasteiger partial charge on any atom is 0.416 e. The first-order valence-corrected chi connectivity index (χ1v) is 10.2. The summed E-state index contributed by atoms with van der Waals surface area (Å²) in [5, 5.41) is 21.3. The molecule has 1 aromatic heterocycles. The summed E-state index contributed by atoms with van der Waals surface area (Å²) in [4.78, 5) is 18.3. The number of carbonyl (C=O) groups excluding carboxylic acids is 1. The Morgan fingerprint density at radius 1 is 1.25 bits per heavy atom. The number of aromatic nitrogens is 3. The molecule has 11 heteroatoms. The molecule has 1 fully saturated rings. The van der Waals surface area contributed by atoms with Crippen molar-refractivity contribution in [2.45, 2.75) is 58.4 Å². The Morgan fingerprint density at radius 3 is 2.56 bits per heavy atom. The second-order valence-electron chi connectivity index (χ2n) is 8.71. The van der Waals surface area contributed by atoms with Gasteiger partial charge in [-0.3, -0.25) is 0 Å². The highest BCUT2D eigenvalue weighted by molar-refractivity contribution is 5.69. The quantitative estimate of drug-likeness (QED) is 0.711. The average Bonchev–Trinajstić information content (AvgIpc) is 2.67. The molecule has 1 atom stereocenters. The SMILES string of the molecule is Cc1nc(N[C@H]2CCCN(C(=O)OC(C)(C)C)C2)nnc1-c1ccc(C(F)(F)F)cc1O. The number of hydrogen-bond donors (Lipinski definition) is 2. The van der Waals surface area contributed by atoms with E-state index in [0.717, 1.165) is 25.0 Å². The number of phenolic OH excluding ortho intramolecular Hbond substituents is 1. The molecule has 2 aromatic rings. The monoisotopic (exact) mass is 453 g/mol. The lowest BCUT2D eigenvalue weighted by Crippen LogP contribution is -2.47. The number of benzene rings is 1. The number of phenols is 1. The van der Waals surface area contributed by atoms with Crippen LogP contribution in [0.25, 0.3) is 11.3 Å². The summed E-state index contributed by atoms with van der Waals surface area (Å²) in [6.07, 6.45) is -3.37. The highest BCUT2D eigenvalue weighted by Crippen LogP contribution is 2.36. The normalized spacial score (nSPS) is 17.2. The first-order chi connectivity index (χ1) is 14.8. The number of halogens is 3. The van der Waals surface area contributed by atoms with E-state index < -0.39 is 23.1 Å². The fourth-order valence-corrected chi connectivity index (χ4v) is 3.39. The molecule has 0 spiro atoms. The molecule has 1 amide bonds. The van der Waals surface area contributed by atoms with Crippen molar-refractivity contribution < 1.29 is 27.8 Å². The lowest BCUT2D eigenvalue weighted by molar-refractivity contribution is -0.137. The Labute approximate surface area is 183 Å². The third-order valence-corrected chi connectivity index (χ3v) is 4.85. The van der Waals surface area contributed by atoms with Crippen LogP contribution < -0.4 is 5.32 Å². The van der Waals surface area contributed by atoms with E-state index in [9.17, 15) is 23.1 Å². The molecule has 0 radical (unpaired) electrons. The number of likely N-dealkylation sites (tertiary alicyclic amines) is 1. The Hall–Kier alpha value is -3.11. The average molecular weight is 453 g/mol. The first kappa shape index (κ1) is 23.6. The summed E-state index contributed by atoms with van der Waals surface area (Å²) in [6.45, 7) is 8.06. The first-order valence-electron chi connectivity index (χ1n) is 10.2. The minimum absolute atomic E-state index is 0.107. The van der Waals surface area contributed by atoms with E-state index in [1.165, 1.54) is 0 Å². The number of alkyl halides is 3. The van der Waals surface area contributed by atoms with Crippen molar-refractivity contribution in [2.75, 3.05) is 18.4 Å². The van der Waals surface area contributed by atoms with E-state index >= 15 is 0 Å².